The molecule has 27 heavy (non-hydrogen) atoms. The molecule has 0 saturated heterocycles. The number of benzene rings is 2. The van der Waals surface area contributed by atoms with Gasteiger partial charge in [-0.2, -0.15) is 0 Å². The van der Waals surface area contributed by atoms with Crippen molar-refractivity contribution in [2.75, 3.05) is 25.6 Å². The number of halogens is 1. The summed E-state index contributed by atoms with van der Waals surface area (Å²) in [5.41, 5.74) is 0.443. The fraction of sp³-hybridized carbons (Fsp3) is 0.176. The number of amides is 1. The van der Waals surface area contributed by atoms with Gasteiger partial charge in [-0.05, 0) is 48.6 Å². The van der Waals surface area contributed by atoms with Crippen LogP contribution in [0.3, 0.4) is 0 Å². The van der Waals surface area contributed by atoms with Gasteiger partial charge in [-0.25, -0.2) is 0 Å². The number of nitro groups is 1. The van der Waals surface area contributed by atoms with Crippen molar-refractivity contribution in [3.8, 4) is 5.75 Å². The number of hydrogen-bond acceptors (Lipinski definition) is 6. The van der Waals surface area contributed by atoms with Crippen molar-refractivity contribution < 1.29 is 19.2 Å². The molecule has 2 rings (SSSR count). The Bertz CT molecular complexity index is 845. The number of ether oxygens (including phenoxy) is 2. The van der Waals surface area contributed by atoms with Gasteiger partial charge in [-0.15, -0.1) is 0 Å². The molecule has 0 spiro atoms. The average molecular weight is 410 g/mol. The summed E-state index contributed by atoms with van der Waals surface area (Å²) in [4.78, 5) is 22.5. The quantitative estimate of drug-likeness (QED) is 0.312. The minimum atomic E-state index is -0.606. The number of anilines is 1. The van der Waals surface area contributed by atoms with E-state index in [4.69, 9.17) is 33.3 Å². The van der Waals surface area contributed by atoms with Gasteiger partial charge in [0.1, 0.15) is 17.4 Å². The molecule has 0 unspecified atom stereocenters. The van der Waals surface area contributed by atoms with Crippen molar-refractivity contribution in [3.05, 3.63) is 63.2 Å². The summed E-state index contributed by atoms with van der Waals surface area (Å²) in [7, 11) is 1.58. The first-order valence-electron chi connectivity index (χ1n) is 7.69. The second-order valence-electron chi connectivity index (χ2n) is 5.20. The molecule has 0 saturated carbocycles. The molecular weight excluding hydrogens is 394 g/mol. The van der Waals surface area contributed by atoms with Gasteiger partial charge >= 0.3 is 0 Å². The standard InChI is InChI=1S/C17H16ClN3O5S/c1-25-8-9-26-13-5-2-11(3-6-13)16(22)20-17(27)19-12-4-7-14(18)15(10-12)21(23)24/h2-7,10H,8-9H2,1H3,(H2,19,20,22,27). The first-order valence-corrected chi connectivity index (χ1v) is 8.47. The van der Waals surface area contributed by atoms with Crippen molar-refractivity contribution in [3.63, 3.8) is 0 Å². The first-order chi connectivity index (χ1) is 12.9. The minimum Gasteiger partial charge on any atom is -0.491 e. The van der Waals surface area contributed by atoms with Crippen LogP contribution in [0.1, 0.15) is 10.4 Å². The van der Waals surface area contributed by atoms with Crippen molar-refractivity contribution in [2.24, 2.45) is 0 Å². The smallest absolute Gasteiger partial charge is 0.289 e. The molecule has 0 aliphatic rings. The van der Waals surface area contributed by atoms with Crippen LogP contribution in [0.15, 0.2) is 42.5 Å². The van der Waals surface area contributed by atoms with Crippen molar-refractivity contribution in [1.29, 1.82) is 0 Å². The highest BCUT2D eigenvalue weighted by molar-refractivity contribution is 7.80. The van der Waals surface area contributed by atoms with Crippen LogP contribution in [0, 0.1) is 10.1 Å². The number of thiocarbonyl (C=S) groups is 1. The van der Waals surface area contributed by atoms with Gasteiger partial charge in [-0.1, -0.05) is 11.6 Å². The first kappa shape index (κ1) is 20.6. The van der Waals surface area contributed by atoms with E-state index in [-0.39, 0.29) is 15.8 Å². The summed E-state index contributed by atoms with van der Waals surface area (Å²) in [6, 6.07) is 10.6. The van der Waals surface area contributed by atoms with E-state index < -0.39 is 10.8 Å². The Morgan fingerprint density at radius 3 is 2.56 bits per heavy atom. The lowest BCUT2D eigenvalue weighted by molar-refractivity contribution is -0.384. The highest BCUT2D eigenvalue weighted by Gasteiger charge is 2.14. The fourth-order valence-corrected chi connectivity index (χ4v) is 2.41. The van der Waals surface area contributed by atoms with Crippen molar-refractivity contribution in [2.45, 2.75) is 0 Å². The fourth-order valence-electron chi connectivity index (χ4n) is 2.01. The Kier molecular flexibility index (Phi) is 7.47. The monoisotopic (exact) mass is 409 g/mol. The normalized spacial score (nSPS) is 10.1. The topological polar surface area (TPSA) is 103 Å². The lowest BCUT2D eigenvalue weighted by Crippen LogP contribution is -2.34. The molecule has 0 bridgehead atoms. The predicted octanol–water partition coefficient (Wildman–Crippen LogP) is 3.40. The summed E-state index contributed by atoms with van der Waals surface area (Å²) in [5, 5.41) is 16.1. The molecular formula is C17H16ClN3O5S. The third-order valence-corrected chi connectivity index (χ3v) is 3.82. The number of nitrogens with one attached hydrogen (secondary N) is 2. The van der Waals surface area contributed by atoms with Crippen LogP contribution >= 0.6 is 23.8 Å². The van der Waals surface area contributed by atoms with Gasteiger partial charge in [0.2, 0.25) is 0 Å². The lowest BCUT2D eigenvalue weighted by atomic mass is 10.2. The van der Waals surface area contributed by atoms with E-state index in [2.05, 4.69) is 10.6 Å². The van der Waals surface area contributed by atoms with E-state index in [1.54, 1.807) is 31.4 Å². The summed E-state index contributed by atoms with van der Waals surface area (Å²) in [5.74, 6) is 0.178. The van der Waals surface area contributed by atoms with Gasteiger partial charge in [0.15, 0.2) is 5.11 Å². The Balaban J connectivity index is 1.94. The molecule has 8 nitrogen and oxygen atoms in total. The third kappa shape index (κ3) is 6.17. The number of carbonyl (C=O) groups is 1. The SMILES string of the molecule is COCCOc1ccc(C(=O)NC(=S)Nc2ccc(Cl)c([N+](=O)[O-])c2)cc1. The van der Waals surface area contributed by atoms with Gasteiger partial charge in [0.05, 0.1) is 11.5 Å². The van der Waals surface area contributed by atoms with Gasteiger partial charge < -0.3 is 14.8 Å². The molecule has 0 fully saturated rings. The Morgan fingerprint density at radius 2 is 1.93 bits per heavy atom. The Hall–Kier alpha value is -2.75. The zero-order valence-electron chi connectivity index (χ0n) is 14.2. The van der Waals surface area contributed by atoms with Crippen LogP contribution in [0.25, 0.3) is 0 Å². The third-order valence-electron chi connectivity index (χ3n) is 3.30. The van der Waals surface area contributed by atoms with Crippen molar-refractivity contribution in [1.82, 2.24) is 5.32 Å². The van der Waals surface area contributed by atoms with Crippen LogP contribution in [-0.2, 0) is 4.74 Å². The van der Waals surface area contributed by atoms with E-state index in [1.807, 2.05) is 0 Å². The summed E-state index contributed by atoms with van der Waals surface area (Å²) in [6.07, 6.45) is 0. The van der Waals surface area contributed by atoms with E-state index >= 15 is 0 Å². The molecule has 1 amide bonds. The van der Waals surface area contributed by atoms with Gasteiger partial charge in [0, 0.05) is 24.4 Å². The molecule has 0 radical (unpaired) electrons. The lowest BCUT2D eigenvalue weighted by Gasteiger charge is -2.10. The number of hydrogen-bond donors (Lipinski definition) is 2. The molecule has 0 atom stereocenters. The second kappa shape index (κ2) is 9.81. The number of rotatable bonds is 7. The second-order valence-corrected chi connectivity index (χ2v) is 6.01. The largest absolute Gasteiger partial charge is 0.491 e. The maximum atomic E-state index is 12.2. The van der Waals surface area contributed by atoms with E-state index in [0.717, 1.165) is 0 Å². The summed E-state index contributed by atoms with van der Waals surface area (Å²) in [6.45, 7) is 0.869. The van der Waals surface area contributed by atoms with Crippen LogP contribution in [0.4, 0.5) is 11.4 Å². The minimum absolute atomic E-state index is 0.00274. The highest BCUT2D eigenvalue weighted by atomic mass is 35.5. The van der Waals surface area contributed by atoms with E-state index in [0.29, 0.717) is 30.2 Å². The number of nitrogens with zero attached hydrogens (tertiary/aromatic N) is 1. The van der Waals surface area contributed by atoms with Gasteiger partial charge in [0.25, 0.3) is 11.6 Å². The van der Waals surface area contributed by atoms with Crippen LogP contribution in [0.2, 0.25) is 5.02 Å². The Morgan fingerprint density at radius 1 is 1.22 bits per heavy atom. The zero-order chi connectivity index (χ0) is 19.8. The predicted molar refractivity (Wildman–Crippen MR) is 106 cm³/mol. The van der Waals surface area contributed by atoms with Crippen LogP contribution < -0.4 is 15.4 Å². The molecule has 10 heteroatoms. The number of carbonyl (C=O) groups excluding carboxylic acids is 1. The van der Waals surface area contributed by atoms with Crippen LogP contribution in [-0.4, -0.2) is 36.3 Å². The molecule has 2 aromatic rings. The maximum Gasteiger partial charge on any atom is 0.289 e. The average Bonchev–Trinajstić information content (AvgIpc) is 2.63. The van der Waals surface area contributed by atoms with E-state index in [9.17, 15) is 14.9 Å². The highest BCUT2D eigenvalue weighted by Crippen LogP contribution is 2.27. The van der Waals surface area contributed by atoms with Gasteiger partial charge in [-0.3, -0.25) is 20.2 Å². The summed E-state index contributed by atoms with van der Waals surface area (Å²) >= 11 is 10.8. The number of nitro benzene ring substituents is 1. The Labute approximate surface area is 165 Å². The molecule has 0 heterocycles. The molecule has 0 aliphatic heterocycles. The number of methoxy groups -OCH3 is 1. The summed E-state index contributed by atoms with van der Waals surface area (Å²) < 4.78 is 10.3. The zero-order valence-corrected chi connectivity index (χ0v) is 15.8. The van der Waals surface area contributed by atoms with Crippen LogP contribution in [0.5, 0.6) is 5.75 Å². The molecule has 2 N–H and O–H groups in total. The molecule has 142 valence electrons. The molecule has 0 aliphatic carbocycles. The molecule has 2 aromatic carbocycles. The van der Waals surface area contributed by atoms with E-state index in [1.165, 1.54) is 18.2 Å². The van der Waals surface area contributed by atoms with Crippen molar-refractivity contribution >= 4 is 46.2 Å². The molecule has 0 aromatic heterocycles. The maximum absolute atomic E-state index is 12.2.